The predicted octanol–water partition coefficient (Wildman–Crippen LogP) is 2.86. The van der Waals surface area contributed by atoms with E-state index in [1.165, 1.54) is 5.56 Å². The van der Waals surface area contributed by atoms with E-state index in [9.17, 15) is 0 Å². The third kappa shape index (κ3) is 4.07. The third-order valence-corrected chi connectivity index (χ3v) is 3.52. The topological polar surface area (TPSA) is 30.5 Å². The highest BCUT2D eigenvalue weighted by Gasteiger charge is 2.15. The van der Waals surface area contributed by atoms with Gasteiger partial charge in [0.1, 0.15) is 6.79 Å². The van der Waals surface area contributed by atoms with Gasteiger partial charge >= 0.3 is 0 Å². The monoisotopic (exact) mass is 299 g/mol. The summed E-state index contributed by atoms with van der Waals surface area (Å²) in [6, 6.07) is 8.74. The van der Waals surface area contributed by atoms with E-state index in [-0.39, 0.29) is 6.10 Å². The first-order valence-corrected chi connectivity index (χ1v) is 6.73. The van der Waals surface area contributed by atoms with Gasteiger partial charge in [-0.1, -0.05) is 28.1 Å². The molecule has 0 aromatic heterocycles. The number of nitrogens with one attached hydrogen (secondary N) is 1. The van der Waals surface area contributed by atoms with Gasteiger partial charge in [0.2, 0.25) is 0 Å². The number of hydrogen-bond donors (Lipinski definition) is 1. The molecule has 4 heteroatoms. The molecule has 0 spiro atoms. The molecule has 17 heavy (non-hydrogen) atoms. The summed E-state index contributed by atoms with van der Waals surface area (Å²) in [6.45, 7) is 4.28. The minimum absolute atomic E-state index is 0.279. The molecule has 2 atom stereocenters. The van der Waals surface area contributed by atoms with Crippen molar-refractivity contribution in [3.05, 3.63) is 34.3 Å². The van der Waals surface area contributed by atoms with E-state index in [4.69, 9.17) is 9.47 Å². The second-order valence-corrected chi connectivity index (χ2v) is 5.20. The lowest BCUT2D eigenvalue weighted by atomic mass is 10.1. The first-order chi connectivity index (χ1) is 8.25. The first-order valence-electron chi connectivity index (χ1n) is 5.94. The van der Waals surface area contributed by atoms with E-state index in [1.807, 2.05) is 0 Å². The SMILES string of the molecule is CC(NCC1CCOCO1)c1ccc(Br)cc1. The Morgan fingerprint density at radius 3 is 2.82 bits per heavy atom. The molecule has 1 N–H and O–H groups in total. The third-order valence-electron chi connectivity index (χ3n) is 2.99. The molecule has 0 bridgehead atoms. The van der Waals surface area contributed by atoms with Gasteiger partial charge in [-0.25, -0.2) is 0 Å². The molecule has 94 valence electrons. The summed E-state index contributed by atoms with van der Waals surface area (Å²) in [5.74, 6) is 0. The second-order valence-electron chi connectivity index (χ2n) is 4.28. The molecule has 0 aliphatic carbocycles. The van der Waals surface area contributed by atoms with E-state index >= 15 is 0 Å². The van der Waals surface area contributed by atoms with Crippen LogP contribution in [0.3, 0.4) is 0 Å². The maximum absolute atomic E-state index is 5.49. The molecule has 0 saturated carbocycles. The summed E-state index contributed by atoms with van der Waals surface area (Å²) in [6.07, 6.45) is 1.25. The van der Waals surface area contributed by atoms with Gasteiger partial charge in [-0.3, -0.25) is 0 Å². The van der Waals surface area contributed by atoms with Crippen LogP contribution < -0.4 is 5.32 Å². The molecule has 2 rings (SSSR count). The molecule has 1 fully saturated rings. The zero-order valence-electron chi connectivity index (χ0n) is 9.99. The highest BCUT2D eigenvalue weighted by Crippen LogP contribution is 2.17. The van der Waals surface area contributed by atoms with Crippen LogP contribution in [0.4, 0.5) is 0 Å². The van der Waals surface area contributed by atoms with E-state index < -0.39 is 0 Å². The van der Waals surface area contributed by atoms with Gasteiger partial charge in [-0.05, 0) is 31.0 Å². The summed E-state index contributed by atoms with van der Waals surface area (Å²) < 4.78 is 11.8. The molecular formula is C13H18BrNO2. The van der Waals surface area contributed by atoms with Gasteiger partial charge in [0, 0.05) is 17.1 Å². The lowest BCUT2D eigenvalue weighted by Crippen LogP contribution is -2.35. The highest BCUT2D eigenvalue weighted by atomic mass is 79.9. The van der Waals surface area contributed by atoms with Crippen LogP contribution in [0.5, 0.6) is 0 Å². The van der Waals surface area contributed by atoms with Crippen LogP contribution in [0.15, 0.2) is 28.7 Å². The van der Waals surface area contributed by atoms with Crippen molar-refractivity contribution in [1.29, 1.82) is 0 Å². The summed E-state index contributed by atoms with van der Waals surface area (Å²) in [4.78, 5) is 0. The van der Waals surface area contributed by atoms with Crippen LogP contribution in [0.25, 0.3) is 0 Å². The number of halogens is 1. The zero-order chi connectivity index (χ0) is 12.1. The fourth-order valence-electron chi connectivity index (χ4n) is 1.84. The van der Waals surface area contributed by atoms with E-state index in [1.54, 1.807) is 0 Å². The lowest BCUT2D eigenvalue weighted by Gasteiger charge is -2.25. The molecule has 1 saturated heterocycles. The Hall–Kier alpha value is -0.420. The average Bonchev–Trinajstić information content (AvgIpc) is 2.38. The molecule has 1 heterocycles. The molecule has 1 aromatic carbocycles. The second kappa shape index (κ2) is 6.50. The van der Waals surface area contributed by atoms with Gasteiger partial charge in [0.15, 0.2) is 0 Å². The fraction of sp³-hybridized carbons (Fsp3) is 0.538. The van der Waals surface area contributed by atoms with Crippen LogP contribution in [-0.4, -0.2) is 26.0 Å². The van der Waals surface area contributed by atoms with Crippen LogP contribution in [0.1, 0.15) is 24.9 Å². The van der Waals surface area contributed by atoms with Gasteiger partial charge in [-0.15, -0.1) is 0 Å². The molecule has 3 nitrogen and oxygen atoms in total. The summed E-state index contributed by atoms with van der Waals surface area (Å²) in [7, 11) is 0. The molecule has 0 radical (unpaired) electrons. The maximum Gasteiger partial charge on any atom is 0.147 e. The zero-order valence-corrected chi connectivity index (χ0v) is 11.6. The molecule has 1 aliphatic rings. The number of hydrogen-bond acceptors (Lipinski definition) is 3. The first kappa shape index (κ1) is 13.0. The van der Waals surface area contributed by atoms with Crippen molar-refractivity contribution in [2.75, 3.05) is 19.9 Å². The Kier molecular flexibility index (Phi) is 4.98. The normalized spacial score (nSPS) is 22.4. The molecule has 2 unspecified atom stereocenters. The summed E-state index contributed by atoms with van der Waals surface area (Å²) in [5.41, 5.74) is 1.29. The van der Waals surface area contributed by atoms with Crippen molar-refractivity contribution in [1.82, 2.24) is 5.32 Å². The Morgan fingerprint density at radius 1 is 1.41 bits per heavy atom. The smallest absolute Gasteiger partial charge is 0.147 e. The van der Waals surface area contributed by atoms with Crippen molar-refractivity contribution in [3.63, 3.8) is 0 Å². The number of rotatable bonds is 4. The largest absolute Gasteiger partial charge is 0.355 e. The summed E-state index contributed by atoms with van der Waals surface area (Å²) in [5, 5.41) is 3.49. The molecule has 0 amide bonds. The Bertz CT molecular complexity index is 336. The molecule has 1 aromatic rings. The van der Waals surface area contributed by atoms with Crippen molar-refractivity contribution in [2.24, 2.45) is 0 Å². The van der Waals surface area contributed by atoms with Crippen LogP contribution in [-0.2, 0) is 9.47 Å². The van der Waals surface area contributed by atoms with Crippen molar-refractivity contribution in [3.8, 4) is 0 Å². The minimum atomic E-state index is 0.279. The van der Waals surface area contributed by atoms with E-state index in [2.05, 4.69) is 52.4 Å². The van der Waals surface area contributed by atoms with Crippen LogP contribution >= 0.6 is 15.9 Å². The maximum atomic E-state index is 5.49. The summed E-state index contributed by atoms with van der Waals surface area (Å²) >= 11 is 3.44. The number of ether oxygens (including phenoxy) is 2. The number of benzene rings is 1. The minimum Gasteiger partial charge on any atom is -0.355 e. The van der Waals surface area contributed by atoms with Gasteiger partial charge in [0.05, 0.1) is 12.7 Å². The van der Waals surface area contributed by atoms with Crippen LogP contribution in [0, 0.1) is 0 Å². The highest BCUT2D eigenvalue weighted by molar-refractivity contribution is 9.10. The molecule has 1 aliphatic heterocycles. The lowest BCUT2D eigenvalue weighted by molar-refractivity contribution is -0.137. The van der Waals surface area contributed by atoms with E-state index in [0.29, 0.717) is 12.8 Å². The van der Waals surface area contributed by atoms with Gasteiger partial charge < -0.3 is 14.8 Å². The average molecular weight is 300 g/mol. The van der Waals surface area contributed by atoms with E-state index in [0.717, 1.165) is 24.0 Å². The molecular weight excluding hydrogens is 282 g/mol. The van der Waals surface area contributed by atoms with Crippen molar-refractivity contribution < 1.29 is 9.47 Å². The van der Waals surface area contributed by atoms with Crippen molar-refractivity contribution >= 4 is 15.9 Å². The Morgan fingerprint density at radius 2 is 2.18 bits per heavy atom. The van der Waals surface area contributed by atoms with Gasteiger partial charge in [-0.2, -0.15) is 0 Å². The predicted molar refractivity (Wildman–Crippen MR) is 70.9 cm³/mol. The van der Waals surface area contributed by atoms with Crippen molar-refractivity contribution in [2.45, 2.75) is 25.5 Å². The Balaban J connectivity index is 1.80. The quantitative estimate of drug-likeness (QED) is 0.927. The van der Waals surface area contributed by atoms with Gasteiger partial charge in [0.25, 0.3) is 0 Å². The fourth-order valence-corrected chi connectivity index (χ4v) is 2.10. The van der Waals surface area contributed by atoms with Crippen LogP contribution in [0.2, 0.25) is 0 Å². The standard InChI is InChI=1S/C13H18BrNO2/c1-10(11-2-4-12(14)5-3-11)15-8-13-6-7-16-9-17-13/h2-5,10,13,15H,6-9H2,1H3. The Labute approximate surface area is 111 Å².